The molecule has 0 saturated carbocycles. The van der Waals surface area contributed by atoms with Gasteiger partial charge in [0.1, 0.15) is 5.82 Å². The van der Waals surface area contributed by atoms with Gasteiger partial charge in [-0.25, -0.2) is 4.98 Å². The van der Waals surface area contributed by atoms with Crippen LogP contribution in [0.2, 0.25) is 0 Å². The molecular formula is C18H19N5O3. The summed E-state index contributed by atoms with van der Waals surface area (Å²) in [7, 11) is 0. The minimum Gasteiger partial charge on any atom is -0.337 e. The summed E-state index contributed by atoms with van der Waals surface area (Å²) in [4.78, 5) is 51.5. The third-order valence-corrected chi connectivity index (χ3v) is 4.88. The summed E-state index contributed by atoms with van der Waals surface area (Å²) in [5.41, 5.74) is 1.94. The lowest BCUT2D eigenvalue weighted by Crippen LogP contribution is -2.34. The number of nitrogens with one attached hydrogen (secondary N) is 1. The quantitative estimate of drug-likeness (QED) is 0.859. The number of likely N-dealkylation sites (tertiary alicyclic amines) is 1. The molecule has 0 unspecified atom stereocenters. The Labute approximate surface area is 149 Å². The van der Waals surface area contributed by atoms with Gasteiger partial charge >= 0.3 is 0 Å². The van der Waals surface area contributed by atoms with E-state index in [4.69, 9.17) is 0 Å². The van der Waals surface area contributed by atoms with Crippen LogP contribution in [0.4, 0.5) is 0 Å². The zero-order valence-electron chi connectivity index (χ0n) is 14.4. The summed E-state index contributed by atoms with van der Waals surface area (Å²) >= 11 is 0. The number of hydrogen-bond acceptors (Lipinski definition) is 5. The van der Waals surface area contributed by atoms with E-state index in [1.807, 2.05) is 12.1 Å². The normalized spacial score (nSPS) is 19.1. The number of carbonyl (C=O) groups is 2. The van der Waals surface area contributed by atoms with Crippen molar-refractivity contribution >= 4 is 11.8 Å². The SMILES string of the molecule is Cc1nc2c(c(=O)[nH]1)CN(C(=O)[C@H]1CC(=O)N(Cc3cccnc3)C1)C2. The van der Waals surface area contributed by atoms with Crippen LogP contribution in [0.3, 0.4) is 0 Å². The molecule has 8 heteroatoms. The number of pyridine rings is 1. The minimum absolute atomic E-state index is 0.0317. The first-order valence-corrected chi connectivity index (χ1v) is 8.55. The lowest BCUT2D eigenvalue weighted by molar-refractivity contribution is -0.136. The van der Waals surface area contributed by atoms with E-state index < -0.39 is 0 Å². The second-order valence-electron chi connectivity index (χ2n) is 6.81. The Balaban J connectivity index is 1.44. The number of hydrogen-bond donors (Lipinski definition) is 1. The number of H-pyrrole nitrogens is 1. The second-order valence-corrected chi connectivity index (χ2v) is 6.81. The number of aromatic nitrogens is 3. The molecule has 2 amide bonds. The summed E-state index contributed by atoms with van der Waals surface area (Å²) in [5, 5.41) is 0. The predicted molar refractivity (Wildman–Crippen MR) is 91.6 cm³/mol. The second kappa shape index (κ2) is 6.36. The maximum absolute atomic E-state index is 12.9. The molecule has 8 nitrogen and oxygen atoms in total. The first-order chi connectivity index (χ1) is 12.5. The van der Waals surface area contributed by atoms with E-state index in [9.17, 15) is 14.4 Å². The Hall–Kier alpha value is -3.03. The van der Waals surface area contributed by atoms with Crippen molar-refractivity contribution in [3.05, 3.63) is 57.5 Å². The van der Waals surface area contributed by atoms with Crippen molar-refractivity contribution in [1.82, 2.24) is 24.8 Å². The van der Waals surface area contributed by atoms with Crippen LogP contribution in [0.15, 0.2) is 29.3 Å². The summed E-state index contributed by atoms with van der Waals surface area (Å²) < 4.78 is 0. The van der Waals surface area contributed by atoms with Crippen molar-refractivity contribution in [3.8, 4) is 0 Å². The van der Waals surface area contributed by atoms with E-state index in [1.165, 1.54) is 0 Å². The van der Waals surface area contributed by atoms with Gasteiger partial charge in [0.05, 0.1) is 30.3 Å². The van der Waals surface area contributed by atoms with Gasteiger partial charge in [0, 0.05) is 31.9 Å². The zero-order valence-corrected chi connectivity index (χ0v) is 14.4. The van der Waals surface area contributed by atoms with Crippen LogP contribution >= 0.6 is 0 Å². The fourth-order valence-corrected chi connectivity index (χ4v) is 3.61. The van der Waals surface area contributed by atoms with Crippen LogP contribution in [0.5, 0.6) is 0 Å². The van der Waals surface area contributed by atoms with Crippen molar-refractivity contribution in [1.29, 1.82) is 0 Å². The van der Waals surface area contributed by atoms with Gasteiger partial charge in [0.15, 0.2) is 0 Å². The van der Waals surface area contributed by atoms with Gasteiger partial charge in [0.25, 0.3) is 5.56 Å². The van der Waals surface area contributed by atoms with Crippen LogP contribution < -0.4 is 5.56 Å². The molecule has 1 fully saturated rings. The molecule has 1 saturated heterocycles. The molecule has 0 spiro atoms. The first-order valence-electron chi connectivity index (χ1n) is 8.55. The molecule has 26 heavy (non-hydrogen) atoms. The maximum Gasteiger partial charge on any atom is 0.256 e. The van der Waals surface area contributed by atoms with E-state index >= 15 is 0 Å². The van der Waals surface area contributed by atoms with Gasteiger partial charge < -0.3 is 14.8 Å². The van der Waals surface area contributed by atoms with Crippen molar-refractivity contribution in [2.45, 2.75) is 33.0 Å². The average molecular weight is 353 g/mol. The van der Waals surface area contributed by atoms with E-state index in [0.29, 0.717) is 36.7 Å². The van der Waals surface area contributed by atoms with E-state index in [2.05, 4.69) is 15.0 Å². The van der Waals surface area contributed by atoms with E-state index in [-0.39, 0.29) is 36.3 Å². The zero-order chi connectivity index (χ0) is 18.3. The number of aromatic amines is 1. The number of nitrogens with zero attached hydrogens (tertiary/aromatic N) is 4. The molecule has 0 aromatic carbocycles. The number of rotatable bonds is 3. The molecule has 4 rings (SSSR count). The molecule has 0 bridgehead atoms. The van der Waals surface area contributed by atoms with Crippen LogP contribution in [-0.4, -0.2) is 43.1 Å². The van der Waals surface area contributed by atoms with Crippen molar-refractivity contribution < 1.29 is 9.59 Å². The molecule has 1 N–H and O–H groups in total. The Morgan fingerprint density at radius 3 is 2.96 bits per heavy atom. The Bertz CT molecular complexity index is 924. The Morgan fingerprint density at radius 2 is 2.19 bits per heavy atom. The highest BCUT2D eigenvalue weighted by molar-refractivity contribution is 5.89. The molecule has 134 valence electrons. The fourth-order valence-electron chi connectivity index (χ4n) is 3.61. The molecule has 2 aliphatic heterocycles. The first kappa shape index (κ1) is 16.4. The molecule has 2 aliphatic rings. The largest absolute Gasteiger partial charge is 0.337 e. The van der Waals surface area contributed by atoms with Gasteiger partial charge in [-0.1, -0.05) is 6.07 Å². The van der Waals surface area contributed by atoms with Crippen molar-refractivity contribution in [3.63, 3.8) is 0 Å². The van der Waals surface area contributed by atoms with E-state index in [0.717, 1.165) is 5.56 Å². The van der Waals surface area contributed by atoms with Crippen LogP contribution in [-0.2, 0) is 29.2 Å². The van der Waals surface area contributed by atoms with Crippen LogP contribution in [0.25, 0.3) is 0 Å². The smallest absolute Gasteiger partial charge is 0.256 e. The predicted octanol–water partition coefficient (Wildman–Crippen LogP) is 0.364. The number of carbonyl (C=O) groups excluding carboxylic acids is 2. The van der Waals surface area contributed by atoms with E-state index in [1.54, 1.807) is 29.1 Å². The average Bonchev–Trinajstić information content (AvgIpc) is 3.19. The molecule has 0 radical (unpaired) electrons. The van der Waals surface area contributed by atoms with Crippen molar-refractivity contribution in [2.75, 3.05) is 6.54 Å². The Kier molecular flexibility index (Phi) is 4.02. The Morgan fingerprint density at radius 1 is 1.35 bits per heavy atom. The summed E-state index contributed by atoms with van der Waals surface area (Å²) in [6, 6.07) is 3.74. The molecule has 2 aromatic rings. The topological polar surface area (TPSA) is 99.3 Å². The summed E-state index contributed by atoms with van der Waals surface area (Å²) in [6.45, 7) is 3.15. The highest BCUT2D eigenvalue weighted by atomic mass is 16.2. The van der Waals surface area contributed by atoms with Gasteiger partial charge in [-0.3, -0.25) is 19.4 Å². The lowest BCUT2D eigenvalue weighted by Gasteiger charge is -2.20. The lowest BCUT2D eigenvalue weighted by atomic mass is 10.1. The van der Waals surface area contributed by atoms with Crippen LogP contribution in [0, 0.1) is 12.8 Å². The maximum atomic E-state index is 12.9. The standard InChI is InChI=1S/C18H19N5O3/c1-11-20-15-10-23(9-14(15)17(25)21-11)18(26)13-5-16(24)22(8-13)7-12-3-2-4-19-6-12/h2-4,6,13H,5,7-10H2,1H3,(H,20,21,25)/t13-/m0/s1. The van der Waals surface area contributed by atoms with Gasteiger partial charge in [-0.2, -0.15) is 0 Å². The molecule has 0 aliphatic carbocycles. The van der Waals surface area contributed by atoms with Crippen LogP contribution in [0.1, 0.15) is 29.1 Å². The summed E-state index contributed by atoms with van der Waals surface area (Å²) in [5.74, 6) is 0.0354. The molecule has 4 heterocycles. The van der Waals surface area contributed by atoms with Gasteiger partial charge in [-0.15, -0.1) is 0 Å². The molecule has 2 aromatic heterocycles. The summed E-state index contributed by atoms with van der Waals surface area (Å²) in [6.07, 6.45) is 3.61. The highest BCUT2D eigenvalue weighted by Crippen LogP contribution is 2.26. The monoisotopic (exact) mass is 353 g/mol. The molecule has 1 atom stereocenters. The third-order valence-electron chi connectivity index (χ3n) is 4.88. The third kappa shape index (κ3) is 2.98. The fraction of sp³-hybridized carbons (Fsp3) is 0.389. The van der Waals surface area contributed by atoms with Crippen molar-refractivity contribution in [2.24, 2.45) is 5.92 Å². The van der Waals surface area contributed by atoms with Gasteiger partial charge in [0.2, 0.25) is 11.8 Å². The number of amides is 2. The van der Waals surface area contributed by atoms with Gasteiger partial charge in [-0.05, 0) is 18.6 Å². The minimum atomic E-state index is -0.381. The highest BCUT2D eigenvalue weighted by Gasteiger charge is 2.38. The molecular weight excluding hydrogens is 334 g/mol. The number of fused-ring (bicyclic) bond motifs is 1. The number of aryl methyl sites for hydroxylation is 1.